The highest BCUT2D eigenvalue weighted by molar-refractivity contribution is 5.89. The average molecular weight is 277 g/mol. The number of nitrogens with zero attached hydrogens (tertiary/aromatic N) is 5. The van der Waals surface area contributed by atoms with Gasteiger partial charge in [0.05, 0.1) is 24.8 Å². The van der Waals surface area contributed by atoms with Gasteiger partial charge < -0.3 is 9.64 Å². The third-order valence-corrected chi connectivity index (χ3v) is 3.62. The molecule has 0 radical (unpaired) electrons. The number of anilines is 1. The minimum absolute atomic E-state index is 0.251. The quantitative estimate of drug-likeness (QED) is 0.655. The van der Waals surface area contributed by atoms with E-state index in [0.29, 0.717) is 42.9 Å². The van der Waals surface area contributed by atoms with Gasteiger partial charge in [0.2, 0.25) is 0 Å². The smallest absolute Gasteiger partial charge is 0.276 e. The van der Waals surface area contributed by atoms with Gasteiger partial charge in [-0.3, -0.25) is 19.0 Å². The Morgan fingerprint density at radius 3 is 2.45 bits per heavy atom. The number of rotatable bonds is 1. The van der Waals surface area contributed by atoms with Gasteiger partial charge in [-0.2, -0.15) is 5.10 Å². The van der Waals surface area contributed by atoms with E-state index in [9.17, 15) is 9.59 Å². The number of aromatic nitrogens is 4. The molecule has 0 spiro atoms. The Morgan fingerprint density at radius 2 is 1.75 bits per heavy atom. The van der Waals surface area contributed by atoms with E-state index in [4.69, 9.17) is 4.74 Å². The molecule has 0 aromatic carbocycles. The van der Waals surface area contributed by atoms with Gasteiger partial charge in [0.15, 0.2) is 5.82 Å². The predicted octanol–water partition coefficient (Wildman–Crippen LogP) is -1.14. The van der Waals surface area contributed by atoms with Gasteiger partial charge in [0, 0.05) is 27.2 Å². The molecule has 0 bridgehead atoms. The molecule has 3 rings (SSSR count). The van der Waals surface area contributed by atoms with E-state index in [1.54, 1.807) is 14.1 Å². The summed E-state index contributed by atoms with van der Waals surface area (Å²) in [5.74, 6) is 0.462. The van der Waals surface area contributed by atoms with Gasteiger partial charge in [0.25, 0.3) is 11.1 Å². The summed E-state index contributed by atoms with van der Waals surface area (Å²) in [6.07, 6.45) is 1.35. The Kier molecular flexibility index (Phi) is 3.01. The molecule has 1 saturated heterocycles. The fraction of sp³-hybridized carbons (Fsp3) is 0.500. The molecule has 2 aromatic heterocycles. The lowest BCUT2D eigenvalue weighted by molar-refractivity contribution is 0.122. The van der Waals surface area contributed by atoms with E-state index >= 15 is 0 Å². The van der Waals surface area contributed by atoms with Crippen LogP contribution in [0.4, 0.5) is 5.82 Å². The lowest BCUT2D eigenvalue weighted by Crippen LogP contribution is -2.40. The van der Waals surface area contributed by atoms with Crippen molar-refractivity contribution >= 4 is 16.6 Å². The molecule has 0 aliphatic carbocycles. The lowest BCUT2D eigenvalue weighted by atomic mass is 10.2. The molecule has 1 fully saturated rings. The normalized spacial score (nSPS) is 15.8. The van der Waals surface area contributed by atoms with Crippen LogP contribution in [0.3, 0.4) is 0 Å². The van der Waals surface area contributed by atoms with Crippen LogP contribution in [0.25, 0.3) is 10.8 Å². The fourth-order valence-electron chi connectivity index (χ4n) is 2.35. The molecule has 1 aliphatic rings. The second-order valence-electron chi connectivity index (χ2n) is 4.71. The van der Waals surface area contributed by atoms with Gasteiger partial charge >= 0.3 is 0 Å². The van der Waals surface area contributed by atoms with E-state index < -0.39 is 0 Å². The van der Waals surface area contributed by atoms with Crippen LogP contribution >= 0.6 is 0 Å². The van der Waals surface area contributed by atoms with Gasteiger partial charge in [-0.1, -0.05) is 0 Å². The minimum Gasteiger partial charge on any atom is -0.378 e. The van der Waals surface area contributed by atoms with Crippen molar-refractivity contribution in [2.45, 2.75) is 0 Å². The largest absolute Gasteiger partial charge is 0.378 e. The second kappa shape index (κ2) is 4.71. The van der Waals surface area contributed by atoms with Crippen molar-refractivity contribution in [1.82, 2.24) is 19.6 Å². The summed E-state index contributed by atoms with van der Waals surface area (Å²) < 4.78 is 7.85. The van der Waals surface area contributed by atoms with Crippen molar-refractivity contribution in [2.24, 2.45) is 14.1 Å². The molecule has 8 nitrogen and oxygen atoms in total. The molecular formula is C12H15N5O3. The number of hydrogen-bond acceptors (Lipinski definition) is 6. The molecule has 3 heterocycles. The van der Waals surface area contributed by atoms with E-state index in [2.05, 4.69) is 10.2 Å². The first-order valence-electron chi connectivity index (χ1n) is 6.35. The van der Waals surface area contributed by atoms with Crippen LogP contribution in [-0.4, -0.2) is 45.9 Å². The third-order valence-electron chi connectivity index (χ3n) is 3.62. The highest BCUT2D eigenvalue weighted by atomic mass is 16.5. The van der Waals surface area contributed by atoms with E-state index in [-0.39, 0.29) is 11.1 Å². The van der Waals surface area contributed by atoms with Crippen molar-refractivity contribution in [3.63, 3.8) is 0 Å². The van der Waals surface area contributed by atoms with Crippen LogP contribution in [0.1, 0.15) is 0 Å². The minimum atomic E-state index is -0.258. The van der Waals surface area contributed by atoms with Crippen LogP contribution in [0.15, 0.2) is 15.8 Å². The molecule has 1 aliphatic heterocycles. The van der Waals surface area contributed by atoms with Crippen LogP contribution in [-0.2, 0) is 18.8 Å². The van der Waals surface area contributed by atoms with Crippen molar-refractivity contribution in [3.05, 3.63) is 26.9 Å². The van der Waals surface area contributed by atoms with Gasteiger partial charge in [-0.25, -0.2) is 0 Å². The fourth-order valence-corrected chi connectivity index (χ4v) is 2.35. The monoisotopic (exact) mass is 277 g/mol. The summed E-state index contributed by atoms with van der Waals surface area (Å²) in [4.78, 5) is 26.6. The number of hydrogen-bond donors (Lipinski definition) is 0. The molecule has 0 N–H and O–H groups in total. The maximum Gasteiger partial charge on any atom is 0.276 e. The zero-order valence-electron chi connectivity index (χ0n) is 11.4. The maximum atomic E-state index is 12.4. The summed E-state index contributed by atoms with van der Waals surface area (Å²) in [6, 6.07) is 0. The van der Waals surface area contributed by atoms with Crippen LogP contribution in [0.2, 0.25) is 0 Å². The maximum absolute atomic E-state index is 12.4. The Labute approximate surface area is 114 Å². The van der Waals surface area contributed by atoms with Gasteiger partial charge in [-0.15, -0.1) is 5.10 Å². The first-order chi connectivity index (χ1) is 9.61. The standard InChI is InChI=1S/C12H15N5O3/c1-15-11(18)8-7-13-14-10(9(8)12(19)16(15)2)17-3-5-20-6-4-17/h7H,3-6H2,1-2H3. The molecule has 0 amide bonds. The zero-order chi connectivity index (χ0) is 14.3. The molecule has 2 aromatic rings. The highest BCUT2D eigenvalue weighted by Crippen LogP contribution is 2.18. The van der Waals surface area contributed by atoms with Gasteiger partial charge in [0.1, 0.15) is 5.39 Å². The average Bonchev–Trinajstić information content (AvgIpc) is 2.51. The van der Waals surface area contributed by atoms with E-state index in [1.165, 1.54) is 15.6 Å². The molecule has 0 atom stereocenters. The summed E-state index contributed by atoms with van der Waals surface area (Å²) in [6.45, 7) is 2.41. The first-order valence-corrected chi connectivity index (χ1v) is 6.35. The molecule has 106 valence electrons. The first kappa shape index (κ1) is 12.8. The van der Waals surface area contributed by atoms with Crippen LogP contribution in [0.5, 0.6) is 0 Å². The molecular weight excluding hydrogens is 262 g/mol. The van der Waals surface area contributed by atoms with Crippen LogP contribution < -0.4 is 16.0 Å². The zero-order valence-corrected chi connectivity index (χ0v) is 11.4. The lowest BCUT2D eigenvalue weighted by Gasteiger charge is -2.28. The number of ether oxygens (including phenoxy) is 1. The topological polar surface area (TPSA) is 82.2 Å². The summed E-state index contributed by atoms with van der Waals surface area (Å²) >= 11 is 0. The Morgan fingerprint density at radius 1 is 1.10 bits per heavy atom. The number of morpholine rings is 1. The third kappa shape index (κ3) is 1.80. The molecule has 0 saturated carbocycles. The van der Waals surface area contributed by atoms with Crippen molar-refractivity contribution in [1.29, 1.82) is 0 Å². The molecule has 20 heavy (non-hydrogen) atoms. The summed E-state index contributed by atoms with van der Waals surface area (Å²) in [5.41, 5.74) is -0.509. The highest BCUT2D eigenvalue weighted by Gasteiger charge is 2.20. The van der Waals surface area contributed by atoms with Crippen molar-refractivity contribution in [2.75, 3.05) is 31.2 Å². The van der Waals surface area contributed by atoms with E-state index in [0.717, 1.165) is 0 Å². The number of fused-ring (bicyclic) bond motifs is 1. The molecule has 8 heteroatoms. The Bertz CT molecular complexity index is 773. The SMILES string of the molecule is Cn1c(=O)c2cnnc(N3CCOCC3)c2c(=O)n1C. The van der Waals surface area contributed by atoms with E-state index in [1.807, 2.05) is 4.90 Å². The van der Waals surface area contributed by atoms with Crippen LogP contribution in [0, 0.1) is 0 Å². The predicted molar refractivity (Wildman–Crippen MR) is 73.1 cm³/mol. The Hall–Kier alpha value is -2.22. The second-order valence-corrected chi connectivity index (χ2v) is 4.71. The Balaban J connectivity index is 2.34. The van der Waals surface area contributed by atoms with Crippen molar-refractivity contribution < 1.29 is 4.74 Å². The summed E-state index contributed by atoms with van der Waals surface area (Å²) in [7, 11) is 3.12. The summed E-state index contributed by atoms with van der Waals surface area (Å²) in [5, 5.41) is 8.55. The molecule has 0 unspecified atom stereocenters. The van der Waals surface area contributed by atoms with Crippen molar-refractivity contribution in [3.8, 4) is 0 Å². The van der Waals surface area contributed by atoms with Gasteiger partial charge in [-0.05, 0) is 0 Å².